The van der Waals surface area contributed by atoms with Gasteiger partial charge in [-0.2, -0.15) is 0 Å². The van der Waals surface area contributed by atoms with E-state index in [1.165, 1.54) is 5.56 Å². The van der Waals surface area contributed by atoms with Gasteiger partial charge in [-0.25, -0.2) is 0 Å². The Morgan fingerprint density at radius 1 is 1.20 bits per heavy atom. The number of aryl methyl sites for hydroxylation is 1. The molecule has 0 atom stereocenters. The first-order chi connectivity index (χ1) is 7.40. The van der Waals surface area contributed by atoms with E-state index in [2.05, 4.69) is 0 Å². The van der Waals surface area contributed by atoms with Gasteiger partial charge in [0.25, 0.3) is 0 Å². The van der Waals surface area contributed by atoms with E-state index in [1.807, 2.05) is 24.3 Å². The van der Waals surface area contributed by atoms with Gasteiger partial charge in [0.05, 0.1) is 6.61 Å². The second kappa shape index (κ2) is 4.84. The highest BCUT2D eigenvalue weighted by Crippen LogP contribution is 2.32. The van der Waals surface area contributed by atoms with Crippen LogP contribution in [0.25, 0.3) is 0 Å². The molecule has 0 unspecified atom stereocenters. The summed E-state index contributed by atoms with van der Waals surface area (Å²) < 4.78 is 10.5. The van der Waals surface area contributed by atoms with Crippen LogP contribution in [0.4, 0.5) is 0 Å². The molecule has 15 heavy (non-hydrogen) atoms. The van der Waals surface area contributed by atoms with Crippen LogP contribution in [-0.2, 0) is 6.42 Å². The number of aliphatic hydroxyl groups excluding tert-OH is 1. The summed E-state index contributed by atoms with van der Waals surface area (Å²) in [5, 5.41) is 8.57. The van der Waals surface area contributed by atoms with Crippen molar-refractivity contribution < 1.29 is 14.6 Å². The van der Waals surface area contributed by atoms with Gasteiger partial charge in [-0.15, -0.1) is 0 Å². The van der Waals surface area contributed by atoms with E-state index in [1.54, 1.807) is 6.08 Å². The molecule has 0 bridgehead atoms. The van der Waals surface area contributed by atoms with Gasteiger partial charge in [0.2, 0.25) is 6.79 Å². The van der Waals surface area contributed by atoms with E-state index in [4.69, 9.17) is 14.6 Å². The molecular weight excluding hydrogens is 192 g/mol. The van der Waals surface area contributed by atoms with Crippen molar-refractivity contribution in [2.24, 2.45) is 0 Å². The molecule has 0 aromatic heterocycles. The smallest absolute Gasteiger partial charge is 0.231 e. The van der Waals surface area contributed by atoms with Crippen LogP contribution in [-0.4, -0.2) is 18.5 Å². The van der Waals surface area contributed by atoms with Gasteiger partial charge in [-0.3, -0.25) is 0 Å². The molecule has 1 aromatic carbocycles. The van der Waals surface area contributed by atoms with Crippen LogP contribution >= 0.6 is 0 Å². The fraction of sp³-hybridized carbons (Fsp3) is 0.333. The molecule has 1 N–H and O–H groups in total. The molecule has 80 valence electrons. The van der Waals surface area contributed by atoms with Gasteiger partial charge in [-0.1, -0.05) is 18.2 Å². The molecule has 3 nitrogen and oxygen atoms in total. The fourth-order valence-corrected chi connectivity index (χ4v) is 1.54. The maximum absolute atomic E-state index is 8.57. The quantitative estimate of drug-likeness (QED) is 0.765. The Hall–Kier alpha value is -1.48. The summed E-state index contributed by atoms with van der Waals surface area (Å²) in [6.45, 7) is 0.435. The highest BCUT2D eigenvalue weighted by molar-refractivity contribution is 5.44. The Balaban J connectivity index is 1.95. The van der Waals surface area contributed by atoms with Crippen LogP contribution < -0.4 is 9.47 Å². The molecule has 1 heterocycles. The maximum atomic E-state index is 8.57. The molecule has 0 spiro atoms. The minimum absolute atomic E-state index is 0.112. The molecule has 1 aliphatic heterocycles. The van der Waals surface area contributed by atoms with E-state index in [-0.39, 0.29) is 6.61 Å². The first-order valence-corrected chi connectivity index (χ1v) is 5.04. The number of rotatable bonds is 4. The summed E-state index contributed by atoms with van der Waals surface area (Å²) in [5.41, 5.74) is 1.22. The lowest BCUT2D eigenvalue weighted by atomic mass is 10.1. The molecular formula is C12H14O3. The molecule has 0 radical (unpaired) electrons. The SMILES string of the molecule is OC/C=C/CCc1ccc2c(c1)OCO2. The number of aliphatic hydroxyl groups is 1. The van der Waals surface area contributed by atoms with E-state index >= 15 is 0 Å². The Morgan fingerprint density at radius 2 is 2.07 bits per heavy atom. The van der Waals surface area contributed by atoms with Crippen molar-refractivity contribution in [3.63, 3.8) is 0 Å². The van der Waals surface area contributed by atoms with Crippen molar-refractivity contribution in [2.75, 3.05) is 13.4 Å². The molecule has 1 aliphatic rings. The summed E-state index contributed by atoms with van der Waals surface area (Å²) in [6, 6.07) is 5.99. The maximum Gasteiger partial charge on any atom is 0.231 e. The zero-order chi connectivity index (χ0) is 10.5. The average Bonchev–Trinajstić information content (AvgIpc) is 2.71. The number of ether oxygens (including phenoxy) is 2. The summed E-state index contributed by atoms with van der Waals surface area (Å²) in [4.78, 5) is 0. The van der Waals surface area contributed by atoms with Crippen molar-refractivity contribution in [3.8, 4) is 11.5 Å². The Labute approximate surface area is 88.9 Å². The highest BCUT2D eigenvalue weighted by atomic mass is 16.7. The van der Waals surface area contributed by atoms with Gasteiger partial charge in [0.15, 0.2) is 11.5 Å². The summed E-state index contributed by atoms with van der Waals surface area (Å²) in [7, 11) is 0. The van der Waals surface area contributed by atoms with Crippen LogP contribution in [0.5, 0.6) is 11.5 Å². The lowest BCUT2D eigenvalue weighted by molar-refractivity contribution is 0.174. The molecule has 0 aliphatic carbocycles. The summed E-state index contributed by atoms with van der Waals surface area (Å²) in [6.07, 6.45) is 5.62. The third kappa shape index (κ3) is 2.50. The van der Waals surface area contributed by atoms with Crippen LogP contribution in [0.2, 0.25) is 0 Å². The van der Waals surface area contributed by atoms with Crippen LogP contribution in [0.1, 0.15) is 12.0 Å². The van der Waals surface area contributed by atoms with E-state index in [0.29, 0.717) is 6.79 Å². The van der Waals surface area contributed by atoms with E-state index < -0.39 is 0 Å². The number of hydrogen-bond acceptors (Lipinski definition) is 3. The summed E-state index contributed by atoms with van der Waals surface area (Å²) in [5.74, 6) is 1.66. The molecule has 0 fully saturated rings. The molecule has 0 saturated heterocycles. The summed E-state index contributed by atoms with van der Waals surface area (Å²) >= 11 is 0. The Morgan fingerprint density at radius 3 is 2.93 bits per heavy atom. The Bertz CT molecular complexity index is 358. The zero-order valence-corrected chi connectivity index (χ0v) is 8.48. The number of fused-ring (bicyclic) bond motifs is 1. The number of allylic oxidation sites excluding steroid dienone is 1. The van der Waals surface area contributed by atoms with Crippen molar-refractivity contribution >= 4 is 0 Å². The van der Waals surface area contributed by atoms with Crippen molar-refractivity contribution in [1.29, 1.82) is 0 Å². The largest absolute Gasteiger partial charge is 0.454 e. The van der Waals surface area contributed by atoms with Gasteiger partial charge in [0, 0.05) is 0 Å². The van der Waals surface area contributed by atoms with Crippen molar-refractivity contribution in [3.05, 3.63) is 35.9 Å². The molecule has 1 aromatic rings. The van der Waals surface area contributed by atoms with Gasteiger partial charge in [0.1, 0.15) is 0 Å². The zero-order valence-electron chi connectivity index (χ0n) is 8.48. The minimum Gasteiger partial charge on any atom is -0.454 e. The molecule has 3 heteroatoms. The van der Waals surface area contributed by atoms with Gasteiger partial charge in [-0.05, 0) is 30.5 Å². The molecule has 0 saturated carbocycles. The monoisotopic (exact) mass is 206 g/mol. The van der Waals surface area contributed by atoms with E-state index in [0.717, 1.165) is 24.3 Å². The molecule has 0 amide bonds. The van der Waals surface area contributed by atoms with Crippen LogP contribution in [0, 0.1) is 0 Å². The van der Waals surface area contributed by atoms with Crippen LogP contribution in [0.3, 0.4) is 0 Å². The fourth-order valence-electron chi connectivity index (χ4n) is 1.54. The first kappa shape index (κ1) is 10.1. The van der Waals surface area contributed by atoms with Crippen molar-refractivity contribution in [1.82, 2.24) is 0 Å². The lowest BCUT2D eigenvalue weighted by Crippen LogP contribution is -1.92. The first-order valence-electron chi connectivity index (χ1n) is 5.04. The van der Waals surface area contributed by atoms with Gasteiger partial charge < -0.3 is 14.6 Å². The topological polar surface area (TPSA) is 38.7 Å². The predicted octanol–water partition coefficient (Wildman–Crippen LogP) is 1.90. The third-order valence-corrected chi connectivity index (χ3v) is 2.31. The minimum atomic E-state index is 0.112. The lowest BCUT2D eigenvalue weighted by Gasteiger charge is -2.00. The normalized spacial score (nSPS) is 13.7. The number of hydrogen-bond donors (Lipinski definition) is 1. The van der Waals surface area contributed by atoms with Gasteiger partial charge >= 0.3 is 0 Å². The standard InChI is InChI=1S/C12H14O3/c13-7-3-1-2-4-10-5-6-11-12(8-10)15-9-14-11/h1,3,5-6,8,13H,2,4,7,9H2/b3-1+. The molecule has 2 rings (SSSR count). The number of benzene rings is 1. The second-order valence-electron chi connectivity index (χ2n) is 3.38. The van der Waals surface area contributed by atoms with E-state index in [9.17, 15) is 0 Å². The average molecular weight is 206 g/mol. The predicted molar refractivity (Wildman–Crippen MR) is 57.1 cm³/mol. The Kier molecular flexibility index (Phi) is 3.25. The highest BCUT2D eigenvalue weighted by Gasteiger charge is 2.12. The van der Waals surface area contributed by atoms with Crippen LogP contribution in [0.15, 0.2) is 30.4 Å². The second-order valence-corrected chi connectivity index (χ2v) is 3.38. The third-order valence-electron chi connectivity index (χ3n) is 2.31. The van der Waals surface area contributed by atoms with Crippen molar-refractivity contribution in [2.45, 2.75) is 12.8 Å².